The number of hydrogen-bond donors (Lipinski definition) is 1. The third kappa shape index (κ3) is 4.73. The quantitative estimate of drug-likeness (QED) is 0.830. The van der Waals surface area contributed by atoms with Crippen LogP contribution in [0, 0.1) is 17.2 Å². The van der Waals surface area contributed by atoms with Gasteiger partial charge in [-0.15, -0.1) is 0 Å². The van der Waals surface area contributed by atoms with Crippen molar-refractivity contribution >= 4 is 11.9 Å². The number of nitrogens with one attached hydrogen (secondary N) is 1. The lowest BCUT2D eigenvalue weighted by atomic mass is 10.0. The summed E-state index contributed by atoms with van der Waals surface area (Å²) in [6, 6.07) is 8.16. The van der Waals surface area contributed by atoms with Gasteiger partial charge in [0, 0.05) is 6.92 Å². The van der Waals surface area contributed by atoms with Gasteiger partial charge in [0.25, 0.3) is 0 Å². The molecule has 0 spiro atoms. The van der Waals surface area contributed by atoms with Crippen LogP contribution >= 0.6 is 0 Å². The second-order valence-corrected chi connectivity index (χ2v) is 4.84. The summed E-state index contributed by atoms with van der Waals surface area (Å²) in [5.41, 5.74) is 1.35. The van der Waals surface area contributed by atoms with Crippen molar-refractivity contribution in [3.63, 3.8) is 0 Å². The number of esters is 1. The van der Waals surface area contributed by atoms with Gasteiger partial charge in [-0.05, 0) is 23.6 Å². The molecule has 0 saturated carbocycles. The molecule has 0 saturated heterocycles. The van der Waals surface area contributed by atoms with Gasteiger partial charge in [-0.2, -0.15) is 5.26 Å². The van der Waals surface area contributed by atoms with Crippen LogP contribution in [0.3, 0.4) is 0 Å². The smallest absolute Gasteiger partial charge is 0.329 e. The SMILES string of the molecule is CC(=O)NC(C(=O)OCc1ccc(C#N)cc1)C(C)C. The van der Waals surface area contributed by atoms with Crippen LogP contribution in [0.5, 0.6) is 0 Å². The van der Waals surface area contributed by atoms with Crippen LogP contribution in [-0.4, -0.2) is 17.9 Å². The fourth-order valence-electron chi connectivity index (χ4n) is 1.64. The first kappa shape index (κ1) is 15.7. The molecule has 0 aliphatic heterocycles. The summed E-state index contributed by atoms with van der Waals surface area (Å²) in [5.74, 6) is -0.772. The Bertz CT molecular complexity index is 515. The lowest BCUT2D eigenvalue weighted by Crippen LogP contribution is -2.44. The summed E-state index contributed by atoms with van der Waals surface area (Å²) in [5, 5.41) is 11.3. The first-order valence-corrected chi connectivity index (χ1v) is 6.36. The zero-order valence-corrected chi connectivity index (χ0v) is 11.8. The molecule has 1 atom stereocenters. The highest BCUT2D eigenvalue weighted by molar-refractivity contribution is 5.83. The van der Waals surface area contributed by atoms with Crippen LogP contribution in [0.15, 0.2) is 24.3 Å². The zero-order valence-electron chi connectivity index (χ0n) is 11.8. The summed E-state index contributed by atoms with van der Waals surface area (Å²) in [6.45, 7) is 5.16. The number of nitriles is 1. The minimum atomic E-state index is -0.647. The standard InChI is InChI=1S/C15H18N2O3/c1-10(2)14(17-11(3)18)15(19)20-9-13-6-4-12(8-16)5-7-13/h4-7,10,14H,9H2,1-3H3,(H,17,18). The molecular formula is C15H18N2O3. The van der Waals surface area contributed by atoms with Crippen LogP contribution in [0.2, 0.25) is 0 Å². The summed E-state index contributed by atoms with van der Waals surface area (Å²) < 4.78 is 5.19. The molecule has 1 rings (SSSR count). The number of amides is 1. The minimum Gasteiger partial charge on any atom is -0.459 e. The van der Waals surface area contributed by atoms with Gasteiger partial charge in [0.1, 0.15) is 12.6 Å². The number of carbonyl (C=O) groups is 2. The molecule has 5 nitrogen and oxygen atoms in total. The Morgan fingerprint density at radius 2 is 1.90 bits per heavy atom. The maximum atomic E-state index is 11.9. The second-order valence-electron chi connectivity index (χ2n) is 4.84. The third-order valence-corrected chi connectivity index (χ3v) is 2.74. The van der Waals surface area contributed by atoms with Gasteiger partial charge in [-0.25, -0.2) is 4.79 Å². The highest BCUT2D eigenvalue weighted by Crippen LogP contribution is 2.08. The van der Waals surface area contributed by atoms with Crippen molar-refractivity contribution in [3.05, 3.63) is 35.4 Å². The van der Waals surface area contributed by atoms with E-state index in [1.54, 1.807) is 24.3 Å². The van der Waals surface area contributed by atoms with Crippen molar-refractivity contribution < 1.29 is 14.3 Å². The molecule has 1 aromatic carbocycles. The maximum Gasteiger partial charge on any atom is 0.329 e. The van der Waals surface area contributed by atoms with E-state index in [2.05, 4.69) is 5.32 Å². The average Bonchev–Trinajstić information content (AvgIpc) is 2.42. The fraction of sp³-hybridized carbons (Fsp3) is 0.400. The van der Waals surface area contributed by atoms with E-state index >= 15 is 0 Å². The molecule has 1 aromatic rings. The van der Waals surface area contributed by atoms with E-state index < -0.39 is 12.0 Å². The van der Waals surface area contributed by atoms with E-state index in [0.717, 1.165) is 5.56 Å². The highest BCUT2D eigenvalue weighted by Gasteiger charge is 2.24. The van der Waals surface area contributed by atoms with Crippen LogP contribution in [-0.2, 0) is 20.9 Å². The van der Waals surface area contributed by atoms with E-state index in [-0.39, 0.29) is 18.4 Å². The van der Waals surface area contributed by atoms with E-state index in [1.807, 2.05) is 19.9 Å². The van der Waals surface area contributed by atoms with Gasteiger partial charge < -0.3 is 10.1 Å². The van der Waals surface area contributed by atoms with Crippen molar-refractivity contribution in [2.75, 3.05) is 0 Å². The van der Waals surface area contributed by atoms with Crippen LogP contribution in [0.1, 0.15) is 31.9 Å². The van der Waals surface area contributed by atoms with Gasteiger partial charge in [0.2, 0.25) is 5.91 Å². The molecule has 0 radical (unpaired) electrons. The van der Waals surface area contributed by atoms with Gasteiger partial charge in [-0.1, -0.05) is 26.0 Å². The Morgan fingerprint density at radius 3 is 2.35 bits per heavy atom. The Kier molecular flexibility index (Phi) is 5.73. The van der Waals surface area contributed by atoms with Crippen molar-refractivity contribution in [3.8, 4) is 6.07 Å². The highest BCUT2D eigenvalue weighted by atomic mass is 16.5. The molecule has 0 bridgehead atoms. The largest absolute Gasteiger partial charge is 0.459 e. The molecule has 106 valence electrons. The summed E-state index contributed by atoms with van der Waals surface area (Å²) in [6.07, 6.45) is 0. The topological polar surface area (TPSA) is 79.2 Å². The molecule has 0 aromatic heterocycles. The number of carbonyl (C=O) groups excluding carboxylic acids is 2. The van der Waals surface area contributed by atoms with Gasteiger partial charge in [-0.3, -0.25) is 4.79 Å². The van der Waals surface area contributed by atoms with Crippen molar-refractivity contribution in [1.82, 2.24) is 5.32 Å². The van der Waals surface area contributed by atoms with Crippen LogP contribution in [0.4, 0.5) is 0 Å². The average molecular weight is 274 g/mol. The van der Waals surface area contributed by atoms with E-state index in [0.29, 0.717) is 5.56 Å². The number of nitrogens with zero attached hydrogens (tertiary/aromatic N) is 1. The third-order valence-electron chi connectivity index (χ3n) is 2.74. The Balaban J connectivity index is 2.60. The number of hydrogen-bond acceptors (Lipinski definition) is 4. The van der Waals surface area contributed by atoms with Crippen LogP contribution in [0.25, 0.3) is 0 Å². The predicted octanol–water partition coefficient (Wildman–Crippen LogP) is 1.76. The van der Waals surface area contributed by atoms with Crippen molar-refractivity contribution in [1.29, 1.82) is 5.26 Å². The normalized spacial score (nSPS) is 11.6. The van der Waals surface area contributed by atoms with E-state index in [9.17, 15) is 9.59 Å². The molecular weight excluding hydrogens is 256 g/mol. The van der Waals surface area contributed by atoms with Crippen molar-refractivity contribution in [2.45, 2.75) is 33.4 Å². The molecule has 0 heterocycles. The summed E-state index contributed by atoms with van der Waals surface area (Å²) in [4.78, 5) is 23.0. The predicted molar refractivity (Wildman–Crippen MR) is 73.4 cm³/mol. The summed E-state index contributed by atoms with van der Waals surface area (Å²) in [7, 11) is 0. The molecule has 0 fully saturated rings. The van der Waals surface area contributed by atoms with Crippen LogP contribution < -0.4 is 5.32 Å². The Morgan fingerprint density at radius 1 is 1.30 bits per heavy atom. The Hall–Kier alpha value is -2.35. The molecule has 1 unspecified atom stereocenters. The van der Waals surface area contributed by atoms with Crippen molar-refractivity contribution in [2.24, 2.45) is 5.92 Å². The van der Waals surface area contributed by atoms with Gasteiger partial charge in [0.05, 0.1) is 11.6 Å². The summed E-state index contributed by atoms with van der Waals surface area (Å²) >= 11 is 0. The first-order valence-electron chi connectivity index (χ1n) is 6.36. The Labute approximate surface area is 118 Å². The van der Waals surface area contributed by atoms with Gasteiger partial charge in [0.15, 0.2) is 0 Å². The lowest BCUT2D eigenvalue weighted by molar-refractivity contribution is -0.150. The van der Waals surface area contributed by atoms with E-state index in [1.165, 1.54) is 6.92 Å². The molecule has 0 aliphatic carbocycles. The monoisotopic (exact) mass is 274 g/mol. The minimum absolute atomic E-state index is 0.0487. The number of rotatable bonds is 5. The number of ether oxygens (including phenoxy) is 1. The van der Waals surface area contributed by atoms with Gasteiger partial charge >= 0.3 is 5.97 Å². The molecule has 0 aliphatic rings. The van der Waals surface area contributed by atoms with E-state index in [4.69, 9.17) is 10.00 Å². The zero-order chi connectivity index (χ0) is 15.1. The maximum absolute atomic E-state index is 11.9. The molecule has 20 heavy (non-hydrogen) atoms. The fourth-order valence-corrected chi connectivity index (χ4v) is 1.64. The molecule has 5 heteroatoms. The molecule has 1 amide bonds. The second kappa shape index (κ2) is 7.29. The number of benzene rings is 1. The lowest BCUT2D eigenvalue weighted by Gasteiger charge is -2.20. The molecule has 1 N–H and O–H groups in total. The first-order chi connectivity index (χ1) is 9.43.